The van der Waals surface area contributed by atoms with Gasteiger partial charge in [0.25, 0.3) is 0 Å². The molecule has 0 radical (unpaired) electrons. The van der Waals surface area contributed by atoms with E-state index in [0.29, 0.717) is 5.92 Å². The molecular formula is C16H31NO3. The normalized spacial score (nSPS) is 21.4. The molecule has 1 saturated heterocycles. The van der Waals surface area contributed by atoms with Crippen molar-refractivity contribution in [2.45, 2.75) is 47.0 Å². The van der Waals surface area contributed by atoms with E-state index in [2.05, 4.69) is 18.7 Å². The molecule has 1 aliphatic rings. The van der Waals surface area contributed by atoms with Crippen molar-refractivity contribution in [3.8, 4) is 0 Å². The molecule has 1 unspecified atom stereocenters. The minimum Gasteiger partial charge on any atom is -0.481 e. The van der Waals surface area contributed by atoms with Crippen LogP contribution in [0.15, 0.2) is 0 Å². The predicted octanol–water partition coefficient (Wildman–Crippen LogP) is 2.87. The molecule has 1 aliphatic heterocycles. The second-order valence-electron chi connectivity index (χ2n) is 6.96. The average Bonchev–Trinajstić information content (AvgIpc) is 2.38. The second-order valence-corrected chi connectivity index (χ2v) is 6.96. The number of hydrogen-bond donors (Lipinski definition) is 1. The fourth-order valence-electron chi connectivity index (χ4n) is 2.64. The number of likely N-dealkylation sites (tertiary alicyclic amines) is 1. The number of ether oxygens (including phenoxy) is 1. The lowest BCUT2D eigenvalue weighted by Crippen LogP contribution is -2.45. The van der Waals surface area contributed by atoms with E-state index in [1.807, 2.05) is 13.8 Å². The molecular weight excluding hydrogens is 254 g/mol. The maximum absolute atomic E-state index is 11.3. The molecule has 4 heteroatoms. The SMILES string of the molecule is CC(C)CCOCCN1CCCC(C(C)(C)C(=O)O)C1. The molecule has 0 spiro atoms. The molecule has 0 bridgehead atoms. The number of carboxylic acids is 1. The molecule has 0 aromatic carbocycles. The summed E-state index contributed by atoms with van der Waals surface area (Å²) in [5, 5.41) is 9.33. The summed E-state index contributed by atoms with van der Waals surface area (Å²) in [5.41, 5.74) is -0.628. The minimum atomic E-state index is -0.683. The van der Waals surface area contributed by atoms with Crippen LogP contribution in [0, 0.1) is 17.3 Å². The summed E-state index contributed by atoms with van der Waals surface area (Å²) < 4.78 is 5.66. The average molecular weight is 285 g/mol. The van der Waals surface area contributed by atoms with E-state index in [1.165, 1.54) is 0 Å². The third kappa shape index (κ3) is 5.41. The van der Waals surface area contributed by atoms with Crippen LogP contribution in [-0.2, 0) is 9.53 Å². The van der Waals surface area contributed by atoms with Gasteiger partial charge in [-0.2, -0.15) is 0 Å². The largest absolute Gasteiger partial charge is 0.481 e. The summed E-state index contributed by atoms with van der Waals surface area (Å²) in [7, 11) is 0. The molecule has 118 valence electrons. The van der Waals surface area contributed by atoms with E-state index in [1.54, 1.807) is 0 Å². The molecule has 0 amide bonds. The van der Waals surface area contributed by atoms with Crippen molar-refractivity contribution in [2.24, 2.45) is 17.3 Å². The first-order valence-electron chi connectivity index (χ1n) is 7.87. The number of nitrogens with zero attached hydrogens (tertiary/aromatic N) is 1. The summed E-state index contributed by atoms with van der Waals surface area (Å²) in [4.78, 5) is 13.7. The zero-order valence-electron chi connectivity index (χ0n) is 13.5. The minimum absolute atomic E-state index is 0.240. The van der Waals surface area contributed by atoms with Crippen molar-refractivity contribution >= 4 is 5.97 Å². The van der Waals surface area contributed by atoms with E-state index < -0.39 is 11.4 Å². The zero-order valence-corrected chi connectivity index (χ0v) is 13.5. The van der Waals surface area contributed by atoms with Gasteiger partial charge in [-0.15, -0.1) is 0 Å². The molecule has 20 heavy (non-hydrogen) atoms. The molecule has 1 atom stereocenters. The van der Waals surface area contributed by atoms with E-state index in [4.69, 9.17) is 4.74 Å². The van der Waals surface area contributed by atoms with Gasteiger partial charge in [-0.25, -0.2) is 0 Å². The van der Waals surface area contributed by atoms with Gasteiger partial charge in [0.2, 0.25) is 0 Å². The van der Waals surface area contributed by atoms with Gasteiger partial charge in [0.1, 0.15) is 0 Å². The molecule has 4 nitrogen and oxygen atoms in total. The summed E-state index contributed by atoms with van der Waals surface area (Å²) in [6.07, 6.45) is 3.21. The van der Waals surface area contributed by atoms with Crippen LogP contribution in [0.3, 0.4) is 0 Å². The lowest BCUT2D eigenvalue weighted by molar-refractivity contribution is -0.151. The summed E-state index contributed by atoms with van der Waals surface area (Å²) in [5.74, 6) is 0.243. The van der Waals surface area contributed by atoms with Gasteiger partial charge < -0.3 is 14.7 Å². The fourth-order valence-corrected chi connectivity index (χ4v) is 2.64. The molecule has 1 N–H and O–H groups in total. The highest BCUT2D eigenvalue weighted by Gasteiger charge is 2.38. The zero-order chi connectivity index (χ0) is 15.2. The first kappa shape index (κ1) is 17.4. The van der Waals surface area contributed by atoms with Gasteiger partial charge in [-0.1, -0.05) is 13.8 Å². The summed E-state index contributed by atoms with van der Waals surface area (Å²) >= 11 is 0. The second kappa shape index (κ2) is 7.99. The lowest BCUT2D eigenvalue weighted by atomic mass is 9.74. The standard InChI is InChI=1S/C16H31NO3/c1-13(2)7-10-20-11-9-17-8-5-6-14(12-17)16(3,4)15(18)19/h13-14H,5-12H2,1-4H3,(H,18,19). The Balaban J connectivity index is 2.29. The number of carboxylic acid groups (broad SMARTS) is 1. The van der Waals surface area contributed by atoms with E-state index in [0.717, 1.165) is 52.1 Å². The van der Waals surface area contributed by atoms with Crippen LogP contribution in [0.2, 0.25) is 0 Å². The first-order chi connectivity index (χ1) is 9.34. The smallest absolute Gasteiger partial charge is 0.309 e. The Kier molecular flexibility index (Phi) is 6.96. The van der Waals surface area contributed by atoms with Crippen LogP contribution in [0.5, 0.6) is 0 Å². The number of hydrogen-bond acceptors (Lipinski definition) is 3. The third-order valence-corrected chi connectivity index (χ3v) is 4.47. The number of carbonyl (C=O) groups is 1. The summed E-state index contributed by atoms with van der Waals surface area (Å²) in [6.45, 7) is 12.6. The Morgan fingerprint density at radius 2 is 2.10 bits per heavy atom. The maximum atomic E-state index is 11.3. The van der Waals surface area contributed by atoms with Crippen molar-refractivity contribution in [3.05, 3.63) is 0 Å². The van der Waals surface area contributed by atoms with Crippen molar-refractivity contribution in [1.82, 2.24) is 4.90 Å². The highest BCUT2D eigenvalue weighted by molar-refractivity contribution is 5.74. The molecule has 0 aliphatic carbocycles. The number of aliphatic carboxylic acids is 1. The van der Waals surface area contributed by atoms with E-state index in [9.17, 15) is 9.90 Å². The highest BCUT2D eigenvalue weighted by atomic mass is 16.5. The molecule has 0 saturated carbocycles. The van der Waals surface area contributed by atoms with Gasteiger partial charge in [0.15, 0.2) is 0 Å². The number of rotatable bonds is 8. The Morgan fingerprint density at radius 3 is 2.70 bits per heavy atom. The van der Waals surface area contributed by atoms with Crippen LogP contribution < -0.4 is 0 Å². The maximum Gasteiger partial charge on any atom is 0.309 e. The number of piperidine rings is 1. The van der Waals surface area contributed by atoms with Crippen molar-refractivity contribution in [3.63, 3.8) is 0 Å². The monoisotopic (exact) mass is 285 g/mol. The lowest BCUT2D eigenvalue weighted by Gasteiger charge is -2.39. The predicted molar refractivity (Wildman–Crippen MR) is 80.9 cm³/mol. The van der Waals surface area contributed by atoms with Crippen LogP contribution in [-0.4, -0.2) is 48.8 Å². The Hall–Kier alpha value is -0.610. The quantitative estimate of drug-likeness (QED) is 0.697. The van der Waals surface area contributed by atoms with E-state index in [-0.39, 0.29) is 5.92 Å². The molecule has 1 fully saturated rings. The van der Waals surface area contributed by atoms with Gasteiger partial charge >= 0.3 is 5.97 Å². The van der Waals surface area contributed by atoms with Gasteiger partial charge in [-0.05, 0) is 51.5 Å². The molecule has 0 aromatic heterocycles. The molecule has 0 aromatic rings. The Labute approximate surface area is 123 Å². The topological polar surface area (TPSA) is 49.8 Å². The van der Waals surface area contributed by atoms with Crippen LogP contribution in [0.1, 0.15) is 47.0 Å². The van der Waals surface area contributed by atoms with Gasteiger partial charge in [0.05, 0.1) is 12.0 Å². The fraction of sp³-hybridized carbons (Fsp3) is 0.938. The van der Waals surface area contributed by atoms with Crippen molar-refractivity contribution in [1.29, 1.82) is 0 Å². The van der Waals surface area contributed by atoms with Crippen LogP contribution in [0.25, 0.3) is 0 Å². The first-order valence-corrected chi connectivity index (χ1v) is 7.87. The summed E-state index contributed by atoms with van der Waals surface area (Å²) in [6, 6.07) is 0. The Morgan fingerprint density at radius 1 is 1.40 bits per heavy atom. The van der Waals surface area contributed by atoms with E-state index >= 15 is 0 Å². The highest BCUT2D eigenvalue weighted by Crippen LogP contribution is 2.34. The molecule has 1 heterocycles. The van der Waals surface area contributed by atoms with Crippen LogP contribution >= 0.6 is 0 Å². The van der Waals surface area contributed by atoms with Crippen LogP contribution in [0.4, 0.5) is 0 Å². The van der Waals surface area contributed by atoms with Crippen molar-refractivity contribution in [2.75, 3.05) is 32.8 Å². The third-order valence-electron chi connectivity index (χ3n) is 4.47. The van der Waals surface area contributed by atoms with Gasteiger partial charge in [0, 0.05) is 19.7 Å². The molecule has 1 rings (SSSR count). The Bertz CT molecular complexity index is 302. The van der Waals surface area contributed by atoms with Crippen molar-refractivity contribution < 1.29 is 14.6 Å². The van der Waals surface area contributed by atoms with Gasteiger partial charge in [-0.3, -0.25) is 4.79 Å².